The first-order valence-corrected chi connectivity index (χ1v) is 5.23. The smallest absolute Gasteiger partial charge is 0.323 e. The van der Waals surface area contributed by atoms with Crippen molar-refractivity contribution in [2.75, 3.05) is 18.0 Å². The van der Waals surface area contributed by atoms with Gasteiger partial charge >= 0.3 is 5.97 Å². The molecule has 1 aliphatic heterocycles. The molecule has 0 fully saturated rings. The lowest BCUT2D eigenvalue weighted by Gasteiger charge is -2.31. The number of hydrogen-bond acceptors (Lipinski definition) is 2. The lowest BCUT2D eigenvalue weighted by atomic mass is 9.98. The van der Waals surface area contributed by atoms with E-state index in [1.165, 1.54) is 11.1 Å². The number of aliphatic carboxylic acids is 1. The molecule has 15 heavy (non-hydrogen) atoms. The summed E-state index contributed by atoms with van der Waals surface area (Å²) in [7, 11) is 0. The van der Waals surface area contributed by atoms with E-state index < -0.39 is 5.97 Å². The van der Waals surface area contributed by atoms with Gasteiger partial charge in [-0.3, -0.25) is 4.79 Å². The number of anilines is 1. The Bertz CT molecular complexity index is 387. The molecule has 0 bridgehead atoms. The summed E-state index contributed by atoms with van der Waals surface area (Å²) in [5.74, 6) is -0.758. The van der Waals surface area contributed by atoms with Gasteiger partial charge in [0.05, 0.1) is 0 Å². The normalized spacial score (nSPS) is 14.9. The average Bonchev–Trinajstić information content (AvgIpc) is 2.17. The summed E-state index contributed by atoms with van der Waals surface area (Å²) in [6.45, 7) is 3.00. The van der Waals surface area contributed by atoms with E-state index in [0.717, 1.165) is 25.1 Å². The van der Waals surface area contributed by atoms with Gasteiger partial charge in [-0.15, -0.1) is 0 Å². The van der Waals surface area contributed by atoms with Crippen molar-refractivity contribution in [1.82, 2.24) is 0 Å². The first-order valence-electron chi connectivity index (χ1n) is 5.23. The van der Waals surface area contributed by atoms with Gasteiger partial charge < -0.3 is 10.0 Å². The van der Waals surface area contributed by atoms with Gasteiger partial charge in [-0.05, 0) is 30.9 Å². The molecule has 0 spiro atoms. The van der Waals surface area contributed by atoms with Gasteiger partial charge in [-0.1, -0.05) is 18.2 Å². The number of aryl methyl sites for hydroxylation is 2. The SMILES string of the molecule is Cc1cccc2c1N(CC(=O)O)CCC2. The third-order valence-electron chi connectivity index (χ3n) is 2.84. The lowest BCUT2D eigenvalue weighted by molar-refractivity contribution is -0.135. The third kappa shape index (κ3) is 1.96. The van der Waals surface area contributed by atoms with Crippen molar-refractivity contribution < 1.29 is 9.90 Å². The molecule has 1 aliphatic rings. The molecule has 80 valence electrons. The van der Waals surface area contributed by atoms with Crippen LogP contribution < -0.4 is 4.90 Å². The summed E-state index contributed by atoms with van der Waals surface area (Å²) in [4.78, 5) is 12.7. The summed E-state index contributed by atoms with van der Waals surface area (Å²) in [5, 5.41) is 8.84. The highest BCUT2D eigenvalue weighted by atomic mass is 16.4. The second-order valence-electron chi connectivity index (χ2n) is 4.00. The molecule has 3 nitrogen and oxygen atoms in total. The zero-order chi connectivity index (χ0) is 10.8. The first-order chi connectivity index (χ1) is 7.18. The molecule has 0 unspecified atom stereocenters. The van der Waals surface area contributed by atoms with E-state index in [-0.39, 0.29) is 6.54 Å². The molecule has 0 atom stereocenters. The molecule has 0 radical (unpaired) electrons. The highest BCUT2D eigenvalue weighted by molar-refractivity contribution is 5.75. The minimum atomic E-state index is -0.758. The summed E-state index contributed by atoms with van der Waals surface area (Å²) in [5.41, 5.74) is 3.59. The molecule has 0 saturated heterocycles. The van der Waals surface area contributed by atoms with E-state index in [1.807, 2.05) is 24.0 Å². The Labute approximate surface area is 89.3 Å². The Kier molecular flexibility index (Phi) is 2.62. The summed E-state index contributed by atoms with van der Waals surface area (Å²) < 4.78 is 0. The van der Waals surface area contributed by atoms with Crippen molar-refractivity contribution in [2.24, 2.45) is 0 Å². The Balaban J connectivity index is 2.36. The highest BCUT2D eigenvalue weighted by Gasteiger charge is 2.19. The molecule has 0 saturated carbocycles. The average molecular weight is 205 g/mol. The van der Waals surface area contributed by atoms with Crippen molar-refractivity contribution in [3.05, 3.63) is 29.3 Å². The molecular formula is C12H15NO2. The Morgan fingerprint density at radius 3 is 3.07 bits per heavy atom. The van der Waals surface area contributed by atoms with Crippen LogP contribution in [0.5, 0.6) is 0 Å². The van der Waals surface area contributed by atoms with Crippen LogP contribution in [0.2, 0.25) is 0 Å². The van der Waals surface area contributed by atoms with Crippen LogP contribution in [0.15, 0.2) is 18.2 Å². The van der Waals surface area contributed by atoms with Gasteiger partial charge in [0.2, 0.25) is 0 Å². The van der Waals surface area contributed by atoms with Crippen molar-refractivity contribution in [3.63, 3.8) is 0 Å². The summed E-state index contributed by atoms with van der Waals surface area (Å²) in [6.07, 6.45) is 2.11. The van der Waals surface area contributed by atoms with Crippen molar-refractivity contribution in [2.45, 2.75) is 19.8 Å². The Morgan fingerprint density at radius 2 is 2.33 bits per heavy atom. The van der Waals surface area contributed by atoms with Gasteiger partial charge in [0.1, 0.15) is 6.54 Å². The number of hydrogen-bond donors (Lipinski definition) is 1. The maximum atomic E-state index is 10.7. The third-order valence-corrected chi connectivity index (χ3v) is 2.84. The maximum absolute atomic E-state index is 10.7. The number of nitrogens with zero attached hydrogens (tertiary/aromatic N) is 1. The van der Waals surface area contributed by atoms with Gasteiger partial charge in [-0.2, -0.15) is 0 Å². The molecule has 1 N–H and O–H groups in total. The van der Waals surface area contributed by atoms with Crippen LogP contribution in [-0.4, -0.2) is 24.2 Å². The number of carbonyl (C=O) groups is 1. The molecule has 1 aromatic carbocycles. The number of rotatable bonds is 2. The van der Waals surface area contributed by atoms with Gasteiger partial charge in [-0.25, -0.2) is 0 Å². The molecule has 3 heteroatoms. The molecule has 0 aromatic heterocycles. The van der Waals surface area contributed by atoms with Crippen molar-refractivity contribution in [1.29, 1.82) is 0 Å². The largest absolute Gasteiger partial charge is 0.480 e. The standard InChI is InChI=1S/C12H15NO2/c1-9-4-2-5-10-6-3-7-13(12(9)10)8-11(14)15/h2,4-5H,3,6-8H2,1H3,(H,14,15). The molecule has 0 aliphatic carbocycles. The number of carboxylic acids is 1. The van der Waals surface area contributed by atoms with Crippen LogP contribution in [0.3, 0.4) is 0 Å². The molecule has 1 heterocycles. The van der Waals surface area contributed by atoms with Gasteiger partial charge in [0, 0.05) is 12.2 Å². The topological polar surface area (TPSA) is 40.5 Å². The van der Waals surface area contributed by atoms with E-state index in [1.54, 1.807) is 0 Å². The van der Waals surface area contributed by atoms with E-state index in [0.29, 0.717) is 0 Å². The zero-order valence-corrected chi connectivity index (χ0v) is 8.86. The second-order valence-corrected chi connectivity index (χ2v) is 4.00. The van der Waals surface area contributed by atoms with Gasteiger partial charge in [0.25, 0.3) is 0 Å². The molecule has 1 aromatic rings. The van der Waals surface area contributed by atoms with Crippen molar-refractivity contribution in [3.8, 4) is 0 Å². The minimum absolute atomic E-state index is 0.109. The van der Waals surface area contributed by atoms with Gasteiger partial charge in [0.15, 0.2) is 0 Å². The van der Waals surface area contributed by atoms with E-state index in [2.05, 4.69) is 6.07 Å². The van der Waals surface area contributed by atoms with E-state index >= 15 is 0 Å². The maximum Gasteiger partial charge on any atom is 0.323 e. The number of benzene rings is 1. The minimum Gasteiger partial charge on any atom is -0.480 e. The first kappa shape index (κ1) is 10.0. The Hall–Kier alpha value is -1.51. The number of para-hydroxylation sites is 1. The fraction of sp³-hybridized carbons (Fsp3) is 0.417. The van der Waals surface area contributed by atoms with Crippen molar-refractivity contribution >= 4 is 11.7 Å². The summed E-state index contributed by atoms with van der Waals surface area (Å²) >= 11 is 0. The van der Waals surface area contributed by atoms with Crippen LogP contribution >= 0.6 is 0 Å². The van der Waals surface area contributed by atoms with Crippen LogP contribution in [0.4, 0.5) is 5.69 Å². The van der Waals surface area contributed by atoms with Crippen LogP contribution in [0.25, 0.3) is 0 Å². The number of carboxylic acid groups (broad SMARTS) is 1. The molecule has 0 amide bonds. The monoisotopic (exact) mass is 205 g/mol. The Morgan fingerprint density at radius 1 is 1.53 bits per heavy atom. The molecular weight excluding hydrogens is 190 g/mol. The fourth-order valence-electron chi connectivity index (χ4n) is 2.27. The fourth-order valence-corrected chi connectivity index (χ4v) is 2.27. The number of fused-ring (bicyclic) bond motifs is 1. The zero-order valence-electron chi connectivity index (χ0n) is 8.86. The molecule has 2 rings (SSSR count). The lowest BCUT2D eigenvalue weighted by Crippen LogP contribution is -2.34. The predicted molar refractivity (Wildman–Crippen MR) is 59.3 cm³/mol. The highest BCUT2D eigenvalue weighted by Crippen LogP contribution is 2.29. The van der Waals surface area contributed by atoms with Crippen LogP contribution in [0.1, 0.15) is 17.5 Å². The van der Waals surface area contributed by atoms with Crippen LogP contribution in [-0.2, 0) is 11.2 Å². The van der Waals surface area contributed by atoms with E-state index in [9.17, 15) is 4.79 Å². The summed E-state index contributed by atoms with van der Waals surface area (Å²) in [6, 6.07) is 6.17. The second kappa shape index (κ2) is 3.93. The van der Waals surface area contributed by atoms with Crippen LogP contribution in [0, 0.1) is 6.92 Å². The quantitative estimate of drug-likeness (QED) is 0.800. The van der Waals surface area contributed by atoms with E-state index in [4.69, 9.17) is 5.11 Å². The predicted octanol–water partition coefficient (Wildman–Crippen LogP) is 1.83.